The number of nitrogens with zero attached hydrogens (tertiary/aromatic N) is 1. The number of aliphatic hydroxyl groups excluding tert-OH is 1. The molecule has 1 aliphatic carbocycles. The van der Waals surface area contributed by atoms with Crippen LogP contribution in [0.1, 0.15) is 52.9 Å². The molecule has 0 aromatic carbocycles. The summed E-state index contributed by atoms with van der Waals surface area (Å²) in [5.74, 6) is 0.904. The van der Waals surface area contributed by atoms with Crippen LogP contribution >= 0.6 is 0 Å². The standard InChI is InChI=1S/C13H27NO/c1-5-13(15)11(3)14(4)12-8-6-10(2)7-9-12/h10-13,15H,5-9H2,1-4H3. The Labute approximate surface area is 94.7 Å². The minimum atomic E-state index is -0.172. The topological polar surface area (TPSA) is 23.5 Å². The van der Waals surface area contributed by atoms with Crippen molar-refractivity contribution in [1.29, 1.82) is 0 Å². The highest BCUT2D eigenvalue weighted by Gasteiger charge is 2.27. The predicted octanol–water partition coefficient (Wildman–Crippen LogP) is 2.66. The summed E-state index contributed by atoms with van der Waals surface area (Å²) in [6.07, 6.45) is 5.99. The first-order valence-corrected chi connectivity index (χ1v) is 6.46. The zero-order valence-corrected chi connectivity index (χ0v) is 10.7. The summed E-state index contributed by atoms with van der Waals surface area (Å²) in [5, 5.41) is 9.84. The molecule has 0 saturated heterocycles. The first-order valence-electron chi connectivity index (χ1n) is 6.46. The first-order chi connectivity index (χ1) is 7.06. The van der Waals surface area contributed by atoms with E-state index in [1.54, 1.807) is 0 Å². The second-order valence-electron chi connectivity index (χ2n) is 5.30. The SMILES string of the molecule is CCC(O)C(C)N(C)C1CCC(C)CC1. The van der Waals surface area contributed by atoms with Crippen LogP contribution in [0.3, 0.4) is 0 Å². The van der Waals surface area contributed by atoms with Gasteiger partial charge in [-0.25, -0.2) is 0 Å². The summed E-state index contributed by atoms with van der Waals surface area (Å²) in [7, 11) is 2.17. The van der Waals surface area contributed by atoms with E-state index in [9.17, 15) is 5.11 Å². The lowest BCUT2D eigenvalue weighted by Gasteiger charge is -2.38. The quantitative estimate of drug-likeness (QED) is 0.776. The maximum Gasteiger partial charge on any atom is 0.0690 e. The summed E-state index contributed by atoms with van der Waals surface area (Å²) >= 11 is 0. The Morgan fingerprint density at radius 2 is 1.80 bits per heavy atom. The van der Waals surface area contributed by atoms with Gasteiger partial charge in [-0.2, -0.15) is 0 Å². The molecule has 1 fully saturated rings. The Bertz CT molecular complexity index is 175. The summed E-state index contributed by atoms with van der Waals surface area (Å²) in [6, 6.07) is 0.991. The predicted molar refractivity (Wildman–Crippen MR) is 64.9 cm³/mol. The van der Waals surface area contributed by atoms with Crippen LogP contribution < -0.4 is 0 Å². The molecule has 1 saturated carbocycles. The van der Waals surface area contributed by atoms with E-state index in [0.717, 1.165) is 12.3 Å². The van der Waals surface area contributed by atoms with Crippen molar-refractivity contribution in [3.8, 4) is 0 Å². The van der Waals surface area contributed by atoms with Crippen LogP contribution in [0.2, 0.25) is 0 Å². The third-order valence-corrected chi connectivity index (χ3v) is 4.18. The van der Waals surface area contributed by atoms with Crippen LogP contribution in [0.15, 0.2) is 0 Å². The van der Waals surface area contributed by atoms with Crippen LogP contribution in [-0.2, 0) is 0 Å². The molecule has 0 radical (unpaired) electrons. The summed E-state index contributed by atoms with van der Waals surface area (Å²) in [4.78, 5) is 2.39. The highest BCUT2D eigenvalue weighted by atomic mass is 16.3. The van der Waals surface area contributed by atoms with Crippen LogP contribution in [0.4, 0.5) is 0 Å². The van der Waals surface area contributed by atoms with Gasteiger partial charge in [-0.1, -0.05) is 13.8 Å². The molecule has 0 aromatic heterocycles. The molecule has 0 aromatic rings. The fourth-order valence-electron chi connectivity index (χ4n) is 2.59. The Morgan fingerprint density at radius 3 is 2.27 bits per heavy atom. The van der Waals surface area contributed by atoms with E-state index in [4.69, 9.17) is 0 Å². The largest absolute Gasteiger partial charge is 0.392 e. The third-order valence-electron chi connectivity index (χ3n) is 4.18. The Morgan fingerprint density at radius 1 is 1.27 bits per heavy atom. The van der Waals surface area contributed by atoms with Crippen LogP contribution in [0.25, 0.3) is 0 Å². The molecule has 2 atom stereocenters. The molecule has 1 N–H and O–H groups in total. The number of hydrogen-bond donors (Lipinski definition) is 1. The lowest BCUT2D eigenvalue weighted by Crippen LogP contribution is -2.46. The van der Waals surface area contributed by atoms with Crippen molar-refractivity contribution in [2.24, 2.45) is 5.92 Å². The fourth-order valence-corrected chi connectivity index (χ4v) is 2.59. The van der Waals surface area contributed by atoms with Crippen LogP contribution in [-0.4, -0.2) is 35.2 Å². The van der Waals surface area contributed by atoms with Crippen molar-refractivity contribution in [2.45, 2.75) is 71.1 Å². The molecule has 2 unspecified atom stereocenters. The van der Waals surface area contributed by atoms with Crippen molar-refractivity contribution in [3.05, 3.63) is 0 Å². The van der Waals surface area contributed by atoms with Crippen molar-refractivity contribution in [2.75, 3.05) is 7.05 Å². The van der Waals surface area contributed by atoms with Gasteiger partial charge < -0.3 is 5.11 Å². The van der Waals surface area contributed by atoms with Gasteiger partial charge >= 0.3 is 0 Å². The Kier molecular flexibility index (Phi) is 5.07. The van der Waals surface area contributed by atoms with Crippen LogP contribution in [0.5, 0.6) is 0 Å². The molecule has 15 heavy (non-hydrogen) atoms. The van der Waals surface area contributed by atoms with Crippen molar-refractivity contribution in [1.82, 2.24) is 4.90 Å². The molecule has 0 bridgehead atoms. The highest BCUT2D eigenvalue weighted by Crippen LogP contribution is 2.27. The lowest BCUT2D eigenvalue weighted by atomic mass is 9.86. The second kappa shape index (κ2) is 5.86. The normalized spacial score (nSPS) is 31.6. The average Bonchev–Trinajstić information content (AvgIpc) is 2.27. The molecule has 0 aliphatic heterocycles. The van der Waals surface area contributed by atoms with E-state index in [-0.39, 0.29) is 6.10 Å². The van der Waals surface area contributed by atoms with Gasteiger partial charge in [0, 0.05) is 12.1 Å². The molecular weight excluding hydrogens is 186 g/mol. The summed E-state index contributed by atoms with van der Waals surface area (Å²) in [5.41, 5.74) is 0. The molecule has 2 nitrogen and oxygen atoms in total. The summed E-state index contributed by atoms with van der Waals surface area (Å²) in [6.45, 7) is 6.55. The van der Waals surface area contributed by atoms with E-state index in [2.05, 4.69) is 32.7 Å². The van der Waals surface area contributed by atoms with Gasteiger partial charge in [0.05, 0.1) is 6.10 Å². The van der Waals surface area contributed by atoms with E-state index in [1.807, 2.05) is 0 Å². The molecule has 2 heteroatoms. The van der Waals surface area contributed by atoms with Gasteiger partial charge in [0.2, 0.25) is 0 Å². The number of likely N-dealkylation sites (N-methyl/N-ethyl adjacent to an activating group) is 1. The van der Waals surface area contributed by atoms with E-state index in [1.165, 1.54) is 25.7 Å². The molecule has 0 heterocycles. The summed E-state index contributed by atoms with van der Waals surface area (Å²) < 4.78 is 0. The fraction of sp³-hybridized carbons (Fsp3) is 1.00. The van der Waals surface area contributed by atoms with E-state index < -0.39 is 0 Å². The average molecular weight is 213 g/mol. The number of aliphatic hydroxyl groups is 1. The van der Waals surface area contributed by atoms with Gasteiger partial charge in [-0.05, 0) is 52.0 Å². The molecule has 1 aliphatic rings. The Balaban J connectivity index is 2.42. The van der Waals surface area contributed by atoms with Crippen molar-refractivity contribution < 1.29 is 5.11 Å². The van der Waals surface area contributed by atoms with Crippen LogP contribution in [0, 0.1) is 5.92 Å². The maximum atomic E-state index is 9.84. The molecule has 0 amide bonds. The third kappa shape index (κ3) is 3.46. The zero-order valence-electron chi connectivity index (χ0n) is 10.7. The van der Waals surface area contributed by atoms with Crippen molar-refractivity contribution in [3.63, 3.8) is 0 Å². The van der Waals surface area contributed by atoms with Gasteiger partial charge in [-0.15, -0.1) is 0 Å². The molecular formula is C13H27NO. The molecule has 90 valence electrons. The minimum absolute atomic E-state index is 0.172. The number of rotatable bonds is 4. The van der Waals surface area contributed by atoms with Gasteiger partial charge in [0.25, 0.3) is 0 Å². The van der Waals surface area contributed by atoms with E-state index in [0.29, 0.717) is 12.1 Å². The first kappa shape index (κ1) is 13.0. The molecule has 0 spiro atoms. The monoisotopic (exact) mass is 213 g/mol. The van der Waals surface area contributed by atoms with Gasteiger partial charge in [0.1, 0.15) is 0 Å². The lowest BCUT2D eigenvalue weighted by molar-refractivity contribution is 0.0338. The Hall–Kier alpha value is -0.0800. The van der Waals surface area contributed by atoms with E-state index >= 15 is 0 Å². The zero-order chi connectivity index (χ0) is 11.4. The van der Waals surface area contributed by atoms with Crippen molar-refractivity contribution >= 4 is 0 Å². The molecule has 1 rings (SSSR count). The highest BCUT2D eigenvalue weighted by molar-refractivity contribution is 4.81. The smallest absolute Gasteiger partial charge is 0.0690 e. The van der Waals surface area contributed by atoms with Gasteiger partial charge in [-0.3, -0.25) is 4.90 Å². The second-order valence-corrected chi connectivity index (χ2v) is 5.30. The minimum Gasteiger partial charge on any atom is -0.392 e. The number of hydrogen-bond acceptors (Lipinski definition) is 2. The maximum absolute atomic E-state index is 9.84. The van der Waals surface area contributed by atoms with Gasteiger partial charge in [0.15, 0.2) is 0 Å².